The molecule has 1 aliphatic heterocycles. The maximum absolute atomic E-state index is 12.6. The maximum Gasteiger partial charge on any atom is 0.416 e. The molecule has 2 aromatic rings. The summed E-state index contributed by atoms with van der Waals surface area (Å²) in [7, 11) is -3.83. The van der Waals surface area contributed by atoms with E-state index in [0.29, 0.717) is 0 Å². The van der Waals surface area contributed by atoms with E-state index in [4.69, 9.17) is 16.3 Å². The van der Waals surface area contributed by atoms with Crippen molar-refractivity contribution in [2.45, 2.75) is 11.1 Å². The Hall–Kier alpha value is -1.91. The van der Waals surface area contributed by atoms with Crippen LogP contribution in [0.5, 0.6) is 5.88 Å². The summed E-state index contributed by atoms with van der Waals surface area (Å²) in [6.45, 7) is 0.642. The fourth-order valence-electron chi connectivity index (χ4n) is 2.39. The van der Waals surface area contributed by atoms with Crippen molar-refractivity contribution in [3.05, 3.63) is 47.4 Å². The Labute approximate surface area is 152 Å². The zero-order chi connectivity index (χ0) is 18.9. The summed E-state index contributed by atoms with van der Waals surface area (Å²) in [6, 6.07) is 3.43. The van der Waals surface area contributed by atoms with Crippen molar-refractivity contribution in [3.63, 3.8) is 0 Å². The fourth-order valence-corrected chi connectivity index (χ4v) is 4.12. The van der Waals surface area contributed by atoms with E-state index in [9.17, 15) is 21.6 Å². The van der Waals surface area contributed by atoms with Crippen molar-refractivity contribution in [2.24, 2.45) is 5.92 Å². The first-order valence-electron chi connectivity index (χ1n) is 7.44. The average Bonchev–Trinajstić information content (AvgIpc) is 2.52. The molecule has 0 bridgehead atoms. The van der Waals surface area contributed by atoms with Gasteiger partial charge >= 0.3 is 6.18 Å². The standard InChI is InChI=1S/C15H13ClF3N3O3S/c16-13-5-20-6-14(21-13)25-9-10-7-22(8-10)26(23,24)12-3-1-11(2-4-12)15(17,18)19/h1-6,10H,7-9H2. The van der Waals surface area contributed by atoms with E-state index in [1.807, 2.05) is 0 Å². The Morgan fingerprint density at radius 3 is 2.42 bits per heavy atom. The summed E-state index contributed by atoms with van der Waals surface area (Å²) < 4.78 is 69.1. The Balaban J connectivity index is 1.57. The maximum atomic E-state index is 12.6. The molecule has 1 aromatic heterocycles. The molecule has 0 saturated carbocycles. The molecule has 1 aliphatic rings. The van der Waals surface area contributed by atoms with Crippen LogP contribution in [0, 0.1) is 5.92 Å². The van der Waals surface area contributed by atoms with Crippen molar-refractivity contribution >= 4 is 21.6 Å². The Morgan fingerprint density at radius 2 is 1.85 bits per heavy atom. The highest BCUT2D eigenvalue weighted by molar-refractivity contribution is 7.89. The number of ether oxygens (including phenoxy) is 1. The quantitative estimate of drug-likeness (QED) is 0.762. The lowest BCUT2D eigenvalue weighted by Gasteiger charge is -2.37. The van der Waals surface area contributed by atoms with Crippen LogP contribution in [0.15, 0.2) is 41.6 Å². The second-order valence-corrected chi connectivity index (χ2v) is 8.03. The highest BCUT2D eigenvalue weighted by Crippen LogP contribution is 2.31. The van der Waals surface area contributed by atoms with Gasteiger partial charge in [-0.2, -0.15) is 22.5 Å². The van der Waals surface area contributed by atoms with E-state index < -0.39 is 21.8 Å². The van der Waals surface area contributed by atoms with Crippen molar-refractivity contribution in [1.82, 2.24) is 14.3 Å². The molecule has 2 heterocycles. The van der Waals surface area contributed by atoms with Gasteiger partial charge in [0.15, 0.2) is 5.15 Å². The largest absolute Gasteiger partial charge is 0.476 e. The van der Waals surface area contributed by atoms with Crippen LogP contribution in [0.1, 0.15) is 5.56 Å². The second-order valence-electron chi connectivity index (χ2n) is 5.70. The number of aromatic nitrogens is 2. The molecule has 140 valence electrons. The van der Waals surface area contributed by atoms with Crippen molar-refractivity contribution in [2.75, 3.05) is 19.7 Å². The Morgan fingerprint density at radius 1 is 1.19 bits per heavy atom. The summed E-state index contributed by atoms with van der Waals surface area (Å²) >= 11 is 5.69. The topological polar surface area (TPSA) is 72.4 Å². The summed E-state index contributed by atoms with van der Waals surface area (Å²) in [6.07, 6.45) is -1.76. The fraction of sp³-hybridized carbons (Fsp3) is 0.333. The van der Waals surface area contributed by atoms with E-state index >= 15 is 0 Å². The Bertz CT molecular complexity index is 885. The number of nitrogens with zero attached hydrogens (tertiary/aromatic N) is 3. The molecule has 0 unspecified atom stereocenters. The molecule has 3 rings (SSSR count). The zero-order valence-electron chi connectivity index (χ0n) is 13.1. The highest BCUT2D eigenvalue weighted by atomic mass is 35.5. The number of hydrogen-bond acceptors (Lipinski definition) is 5. The van der Waals surface area contributed by atoms with Crippen LogP contribution in [0.2, 0.25) is 5.15 Å². The minimum Gasteiger partial charge on any atom is -0.476 e. The molecule has 1 fully saturated rings. The summed E-state index contributed by atoms with van der Waals surface area (Å²) in [5.74, 6) is 0.182. The lowest BCUT2D eigenvalue weighted by molar-refractivity contribution is -0.137. The molecule has 1 aromatic carbocycles. The molecule has 0 N–H and O–H groups in total. The molecule has 0 atom stereocenters. The number of hydrogen-bond donors (Lipinski definition) is 0. The monoisotopic (exact) mass is 407 g/mol. The third kappa shape index (κ3) is 4.08. The van der Waals surface area contributed by atoms with Gasteiger partial charge < -0.3 is 4.74 Å². The van der Waals surface area contributed by atoms with Gasteiger partial charge in [0.05, 0.1) is 29.5 Å². The summed E-state index contributed by atoms with van der Waals surface area (Å²) in [4.78, 5) is 7.55. The lowest BCUT2D eigenvalue weighted by atomic mass is 10.1. The molecule has 0 spiro atoms. The minimum absolute atomic E-state index is 0.0556. The molecule has 6 nitrogen and oxygen atoms in total. The van der Waals surface area contributed by atoms with Gasteiger partial charge in [-0.25, -0.2) is 8.42 Å². The molecule has 11 heteroatoms. The molecule has 26 heavy (non-hydrogen) atoms. The van der Waals surface area contributed by atoms with Gasteiger partial charge in [-0.3, -0.25) is 4.98 Å². The number of rotatable bonds is 5. The predicted octanol–water partition coefficient (Wildman–Crippen LogP) is 2.85. The lowest BCUT2D eigenvalue weighted by Crippen LogP contribution is -2.51. The Kier molecular flexibility index (Phi) is 5.09. The van der Waals surface area contributed by atoms with Crippen molar-refractivity contribution in [1.29, 1.82) is 0 Å². The van der Waals surface area contributed by atoms with E-state index in [1.54, 1.807) is 0 Å². The van der Waals surface area contributed by atoms with Gasteiger partial charge in [0, 0.05) is 19.0 Å². The number of benzene rings is 1. The number of sulfonamides is 1. The third-order valence-corrected chi connectivity index (χ3v) is 5.82. The first-order chi connectivity index (χ1) is 12.2. The van der Waals surface area contributed by atoms with Crippen LogP contribution >= 0.6 is 11.6 Å². The first kappa shape index (κ1) is 18.9. The van der Waals surface area contributed by atoms with Crippen LogP contribution in [-0.4, -0.2) is 42.4 Å². The smallest absolute Gasteiger partial charge is 0.416 e. The normalized spacial score (nSPS) is 16.3. The van der Waals surface area contributed by atoms with Crippen LogP contribution < -0.4 is 4.74 Å². The van der Waals surface area contributed by atoms with E-state index in [1.165, 1.54) is 16.7 Å². The highest BCUT2D eigenvalue weighted by Gasteiger charge is 2.38. The van der Waals surface area contributed by atoms with Crippen LogP contribution in [-0.2, 0) is 16.2 Å². The van der Waals surface area contributed by atoms with E-state index in [2.05, 4.69) is 9.97 Å². The minimum atomic E-state index is -4.51. The number of halogens is 4. The predicted molar refractivity (Wildman–Crippen MR) is 86.2 cm³/mol. The third-order valence-electron chi connectivity index (χ3n) is 3.79. The van der Waals surface area contributed by atoms with Gasteiger partial charge in [0.1, 0.15) is 0 Å². The van der Waals surface area contributed by atoms with Crippen molar-refractivity contribution in [3.8, 4) is 5.88 Å². The summed E-state index contributed by atoms with van der Waals surface area (Å²) in [5, 5.41) is 0.183. The van der Waals surface area contributed by atoms with Gasteiger partial charge in [0.2, 0.25) is 15.9 Å². The second kappa shape index (κ2) is 7.01. The molecule has 0 aliphatic carbocycles. The summed E-state index contributed by atoms with van der Waals surface area (Å²) in [5.41, 5.74) is -0.894. The van der Waals surface area contributed by atoms with Gasteiger partial charge in [0.25, 0.3) is 0 Å². The molecule has 1 saturated heterocycles. The van der Waals surface area contributed by atoms with Crippen LogP contribution in [0.4, 0.5) is 13.2 Å². The van der Waals surface area contributed by atoms with Crippen LogP contribution in [0.3, 0.4) is 0 Å². The average molecular weight is 408 g/mol. The van der Waals surface area contributed by atoms with Crippen molar-refractivity contribution < 1.29 is 26.3 Å². The van der Waals surface area contributed by atoms with Gasteiger partial charge in [-0.05, 0) is 24.3 Å². The van der Waals surface area contributed by atoms with Gasteiger partial charge in [-0.1, -0.05) is 11.6 Å². The first-order valence-corrected chi connectivity index (χ1v) is 9.26. The van der Waals surface area contributed by atoms with Crippen LogP contribution in [0.25, 0.3) is 0 Å². The number of alkyl halides is 3. The SMILES string of the molecule is O=S(=O)(c1ccc(C(F)(F)F)cc1)N1CC(COc2cncc(Cl)n2)C1. The van der Waals surface area contributed by atoms with E-state index in [0.717, 1.165) is 24.3 Å². The zero-order valence-corrected chi connectivity index (χ0v) is 14.7. The molecule has 0 radical (unpaired) electrons. The molecular weight excluding hydrogens is 395 g/mol. The van der Waals surface area contributed by atoms with Gasteiger partial charge in [-0.15, -0.1) is 0 Å². The molecule has 0 amide bonds. The molecular formula is C15H13ClF3N3O3S. The van der Waals surface area contributed by atoms with E-state index in [-0.39, 0.29) is 41.5 Å².